The van der Waals surface area contributed by atoms with Crippen LogP contribution in [0.15, 0.2) is 24.3 Å². The molecule has 1 unspecified atom stereocenters. The summed E-state index contributed by atoms with van der Waals surface area (Å²) in [6.45, 7) is 0. The number of carbonyl (C=O) groups is 3. The third-order valence-corrected chi connectivity index (χ3v) is 2.71. The van der Waals surface area contributed by atoms with E-state index in [1.165, 1.54) is 24.3 Å². The smallest absolute Gasteiger partial charge is 0.326 e. The Kier molecular flexibility index (Phi) is 5.37. The summed E-state index contributed by atoms with van der Waals surface area (Å²) in [5.41, 5.74) is 5.61. The van der Waals surface area contributed by atoms with Gasteiger partial charge in [0.15, 0.2) is 0 Å². The fourth-order valence-electron chi connectivity index (χ4n) is 1.41. The molecule has 1 aromatic carbocycles. The Morgan fingerprint density at radius 1 is 1.21 bits per heavy atom. The van der Waals surface area contributed by atoms with Crippen molar-refractivity contribution >= 4 is 30.4 Å². The van der Waals surface area contributed by atoms with Gasteiger partial charge in [0, 0.05) is 11.1 Å². The van der Waals surface area contributed by atoms with Gasteiger partial charge in [0.2, 0.25) is 5.91 Å². The van der Waals surface area contributed by atoms with Gasteiger partial charge in [0.25, 0.3) is 5.91 Å². The Bertz CT molecular complexity index is 487. The fraction of sp³-hybridized carbons (Fsp3) is 0.250. The number of amides is 2. The molecule has 0 aromatic heterocycles. The average molecular weight is 282 g/mol. The van der Waals surface area contributed by atoms with E-state index in [1.807, 2.05) is 0 Å². The van der Waals surface area contributed by atoms with E-state index in [2.05, 4.69) is 17.9 Å². The quantitative estimate of drug-likeness (QED) is 0.562. The van der Waals surface area contributed by atoms with Crippen LogP contribution in [0.1, 0.15) is 27.1 Å². The number of nitrogens with one attached hydrogen (secondary N) is 1. The molecule has 0 bridgehead atoms. The van der Waals surface area contributed by atoms with E-state index in [9.17, 15) is 14.4 Å². The molecule has 0 fully saturated rings. The van der Waals surface area contributed by atoms with Crippen LogP contribution < -0.4 is 11.1 Å². The Balaban J connectivity index is 2.76. The number of hydrogen-bond donors (Lipinski definition) is 4. The van der Waals surface area contributed by atoms with Crippen molar-refractivity contribution in [1.29, 1.82) is 0 Å². The highest BCUT2D eigenvalue weighted by Crippen LogP contribution is 2.05. The maximum atomic E-state index is 11.8. The summed E-state index contributed by atoms with van der Waals surface area (Å²) < 4.78 is 0. The number of primary amides is 1. The highest BCUT2D eigenvalue weighted by Gasteiger charge is 2.19. The molecular weight excluding hydrogens is 268 g/mol. The van der Waals surface area contributed by atoms with E-state index in [1.54, 1.807) is 0 Å². The largest absolute Gasteiger partial charge is 0.480 e. The minimum Gasteiger partial charge on any atom is -0.480 e. The van der Waals surface area contributed by atoms with Gasteiger partial charge in [-0.15, -0.1) is 0 Å². The van der Waals surface area contributed by atoms with Crippen molar-refractivity contribution < 1.29 is 19.5 Å². The minimum absolute atomic E-state index is 0.226. The predicted octanol–water partition coefficient (Wildman–Crippen LogP) is 0.288. The van der Waals surface area contributed by atoms with E-state index in [0.717, 1.165) is 0 Å². The standard InChI is InChI=1S/C12H14N2O4S/c13-10(15)7-1-3-8(4-2-7)11(16)14-9(5-6-19)12(17)18/h1-4,9,19H,5-6H2,(H2,13,15)(H,14,16)(H,17,18). The molecule has 0 aliphatic carbocycles. The average Bonchev–Trinajstić information content (AvgIpc) is 2.38. The van der Waals surface area contributed by atoms with Gasteiger partial charge in [-0.25, -0.2) is 4.79 Å². The van der Waals surface area contributed by atoms with Gasteiger partial charge in [-0.3, -0.25) is 9.59 Å². The maximum Gasteiger partial charge on any atom is 0.326 e. The number of thiol groups is 1. The lowest BCUT2D eigenvalue weighted by atomic mass is 10.1. The molecular formula is C12H14N2O4S. The molecule has 0 spiro atoms. The van der Waals surface area contributed by atoms with Gasteiger partial charge in [-0.1, -0.05) is 0 Å². The number of benzene rings is 1. The number of aliphatic carboxylic acids is 1. The first kappa shape index (κ1) is 15.0. The monoisotopic (exact) mass is 282 g/mol. The molecule has 7 heteroatoms. The summed E-state index contributed by atoms with van der Waals surface area (Å²) in [5.74, 6) is -1.88. The van der Waals surface area contributed by atoms with Gasteiger partial charge in [0.1, 0.15) is 6.04 Å². The summed E-state index contributed by atoms with van der Waals surface area (Å²) in [7, 11) is 0. The van der Waals surface area contributed by atoms with Gasteiger partial charge in [-0.05, 0) is 36.4 Å². The molecule has 1 atom stereocenters. The van der Waals surface area contributed by atoms with Gasteiger partial charge in [0.05, 0.1) is 0 Å². The van der Waals surface area contributed by atoms with Crippen molar-refractivity contribution in [3.05, 3.63) is 35.4 Å². The van der Waals surface area contributed by atoms with E-state index in [-0.39, 0.29) is 17.5 Å². The van der Waals surface area contributed by atoms with Crippen LogP contribution in [0.3, 0.4) is 0 Å². The first-order valence-corrected chi connectivity index (χ1v) is 6.13. The summed E-state index contributed by atoms with van der Waals surface area (Å²) in [4.78, 5) is 33.6. The van der Waals surface area contributed by atoms with Gasteiger partial charge >= 0.3 is 5.97 Å². The molecule has 0 saturated heterocycles. The number of rotatable bonds is 6. The zero-order valence-corrected chi connectivity index (χ0v) is 10.9. The maximum absolute atomic E-state index is 11.8. The topological polar surface area (TPSA) is 109 Å². The number of carboxylic acids is 1. The van der Waals surface area contributed by atoms with Crippen molar-refractivity contribution in [2.75, 3.05) is 5.75 Å². The molecule has 0 aliphatic heterocycles. The second-order valence-electron chi connectivity index (χ2n) is 3.82. The summed E-state index contributed by atoms with van der Waals surface area (Å²) in [6, 6.07) is 4.65. The van der Waals surface area contributed by atoms with Crippen LogP contribution in [0.5, 0.6) is 0 Å². The number of nitrogens with two attached hydrogens (primary N) is 1. The third kappa shape index (κ3) is 4.29. The van der Waals surface area contributed by atoms with E-state index in [0.29, 0.717) is 5.75 Å². The first-order valence-electron chi connectivity index (χ1n) is 5.50. The summed E-state index contributed by atoms with van der Waals surface area (Å²) in [6.07, 6.45) is 0.226. The van der Waals surface area contributed by atoms with Crippen molar-refractivity contribution in [2.24, 2.45) is 5.73 Å². The predicted molar refractivity (Wildman–Crippen MR) is 72.3 cm³/mol. The Morgan fingerprint density at radius 2 is 1.74 bits per heavy atom. The Labute approximate surface area is 115 Å². The zero-order chi connectivity index (χ0) is 14.4. The van der Waals surface area contributed by atoms with Crippen molar-refractivity contribution in [3.63, 3.8) is 0 Å². The molecule has 0 radical (unpaired) electrons. The Hall–Kier alpha value is -2.02. The lowest BCUT2D eigenvalue weighted by molar-refractivity contribution is -0.139. The molecule has 0 heterocycles. The van der Waals surface area contributed by atoms with Crippen LogP contribution in [0.4, 0.5) is 0 Å². The van der Waals surface area contributed by atoms with E-state index >= 15 is 0 Å². The first-order chi connectivity index (χ1) is 8.95. The van der Waals surface area contributed by atoms with E-state index in [4.69, 9.17) is 10.8 Å². The summed E-state index contributed by atoms with van der Waals surface area (Å²) >= 11 is 3.93. The van der Waals surface area contributed by atoms with Crippen molar-refractivity contribution in [1.82, 2.24) is 5.32 Å². The molecule has 6 nitrogen and oxygen atoms in total. The van der Waals surface area contributed by atoms with Crippen LogP contribution in [0, 0.1) is 0 Å². The number of carbonyl (C=O) groups excluding carboxylic acids is 2. The molecule has 4 N–H and O–H groups in total. The van der Waals surface area contributed by atoms with E-state index < -0.39 is 23.8 Å². The molecule has 1 aromatic rings. The minimum atomic E-state index is -1.11. The van der Waals surface area contributed by atoms with Crippen LogP contribution in [0.25, 0.3) is 0 Å². The molecule has 102 valence electrons. The lowest BCUT2D eigenvalue weighted by Crippen LogP contribution is -2.41. The Morgan fingerprint density at radius 3 is 2.16 bits per heavy atom. The van der Waals surface area contributed by atoms with Crippen molar-refractivity contribution in [2.45, 2.75) is 12.5 Å². The molecule has 1 rings (SSSR count). The SMILES string of the molecule is NC(=O)c1ccc(C(=O)NC(CCS)C(=O)O)cc1. The molecule has 2 amide bonds. The molecule has 19 heavy (non-hydrogen) atoms. The fourth-order valence-corrected chi connectivity index (χ4v) is 1.67. The summed E-state index contributed by atoms with van der Waals surface area (Å²) in [5, 5.41) is 11.3. The number of hydrogen-bond acceptors (Lipinski definition) is 4. The molecule has 0 aliphatic rings. The molecule has 0 saturated carbocycles. The van der Waals surface area contributed by atoms with Crippen LogP contribution in [0.2, 0.25) is 0 Å². The second kappa shape index (κ2) is 6.79. The van der Waals surface area contributed by atoms with Gasteiger partial charge < -0.3 is 16.2 Å². The third-order valence-electron chi connectivity index (χ3n) is 2.45. The second-order valence-corrected chi connectivity index (χ2v) is 4.27. The van der Waals surface area contributed by atoms with Gasteiger partial charge in [-0.2, -0.15) is 12.6 Å². The van der Waals surface area contributed by atoms with Crippen molar-refractivity contribution in [3.8, 4) is 0 Å². The normalized spacial score (nSPS) is 11.6. The van der Waals surface area contributed by atoms with Crippen LogP contribution in [-0.2, 0) is 4.79 Å². The van der Waals surface area contributed by atoms with Crippen LogP contribution in [-0.4, -0.2) is 34.7 Å². The highest BCUT2D eigenvalue weighted by atomic mass is 32.1. The highest BCUT2D eigenvalue weighted by molar-refractivity contribution is 7.80. The number of carboxylic acid groups (broad SMARTS) is 1. The lowest BCUT2D eigenvalue weighted by Gasteiger charge is -2.13. The zero-order valence-electron chi connectivity index (χ0n) is 10.00. The van der Waals surface area contributed by atoms with Crippen LogP contribution >= 0.6 is 12.6 Å².